The zero-order valence-corrected chi connectivity index (χ0v) is 20.6. The number of rotatable bonds is 5. The van der Waals surface area contributed by atoms with E-state index in [2.05, 4.69) is 25.9 Å². The number of pyridine rings is 1. The molecule has 0 bridgehead atoms. The highest BCUT2D eigenvalue weighted by Gasteiger charge is 2.37. The smallest absolute Gasteiger partial charge is 0.313 e. The summed E-state index contributed by atoms with van der Waals surface area (Å²) in [6.45, 7) is 0. The Morgan fingerprint density at radius 1 is 1.03 bits per heavy atom. The minimum absolute atomic E-state index is 0.0636. The fourth-order valence-corrected chi connectivity index (χ4v) is 4.60. The number of nitrogens with zero attached hydrogens (tertiary/aromatic N) is 2. The molecule has 4 amide bonds. The van der Waals surface area contributed by atoms with Gasteiger partial charge in [0.2, 0.25) is 5.91 Å². The summed E-state index contributed by atoms with van der Waals surface area (Å²) >= 11 is 6.05. The molecule has 11 heteroatoms. The SMILES string of the molecule is CN(C)C(=O)[C@H]1CC[C@H](NC(=O)c2cc3cc(Cl)ccc3[nH]2)[C@H](NC(=O)C(=O)Nc2cccnc2)C1. The number of nitrogens with one attached hydrogen (secondary N) is 4. The lowest BCUT2D eigenvalue weighted by atomic mass is 9.81. The number of fused-ring (bicyclic) bond motifs is 1. The quantitative estimate of drug-likeness (QED) is 0.390. The molecule has 1 saturated carbocycles. The van der Waals surface area contributed by atoms with E-state index >= 15 is 0 Å². The molecule has 2 heterocycles. The second kappa shape index (κ2) is 10.8. The van der Waals surface area contributed by atoms with Gasteiger partial charge in [0.15, 0.2) is 0 Å². The zero-order chi connectivity index (χ0) is 25.8. The van der Waals surface area contributed by atoms with Gasteiger partial charge in [0, 0.05) is 48.2 Å². The molecule has 3 atom stereocenters. The van der Waals surface area contributed by atoms with Gasteiger partial charge >= 0.3 is 11.8 Å². The number of hydrogen-bond donors (Lipinski definition) is 4. The largest absolute Gasteiger partial charge is 0.351 e. The van der Waals surface area contributed by atoms with Crippen LogP contribution in [0.4, 0.5) is 5.69 Å². The number of amides is 4. The second-order valence-electron chi connectivity index (χ2n) is 9.01. The zero-order valence-electron chi connectivity index (χ0n) is 19.9. The Hall–Kier alpha value is -3.92. The van der Waals surface area contributed by atoms with Crippen LogP contribution in [0.15, 0.2) is 48.8 Å². The predicted octanol–water partition coefficient (Wildman–Crippen LogP) is 2.33. The Kier molecular flexibility index (Phi) is 7.54. The third kappa shape index (κ3) is 5.83. The summed E-state index contributed by atoms with van der Waals surface area (Å²) in [5, 5.41) is 9.53. The maximum Gasteiger partial charge on any atom is 0.313 e. The third-order valence-corrected chi connectivity index (χ3v) is 6.46. The van der Waals surface area contributed by atoms with Crippen molar-refractivity contribution in [1.82, 2.24) is 25.5 Å². The van der Waals surface area contributed by atoms with E-state index in [0.717, 1.165) is 10.9 Å². The van der Waals surface area contributed by atoms with Crippen LogP contribution >= 0.6 is 11.6 Å². The number of anilines is 1. The predicted molar refractivity (Wildman–Crippen MR) is 135 cm³/mol. The first-order chi connectivity index (χ1) is 17.2. The van der Waals surface area contributed by atoms with Crippen molar-refractivity contribution in [3.8, 4) is 0 Å². The van der Waals surface area contributed by atoms with Gasteiger partial charge in [0.1, 0.15) is 5.69 Å². The molecule has 1 aliphatic carbocycles. The molecule has 0 spiro atoms. The van der Waals surface area contributed by atoms with Crippen LogP contribution in [-0.2, 0) is 14.4 Å². The monoisotopic (exact) mass is 510 g/mol. The number of H-pyrrole nitrogens is 1. The molecule has 0 unspecified atom stereocenters. The molecule has 36 heavy (non-hydrogen) atoms. The average Bonchev–Trinajstić information content (AvgIpc) is 3.28. The van der Waals surface area contributed by atoms with Crippen molar-refractivity contribution >= 4 is 51.8 Å². The Morgan fingerprint density at radius 2 is 1.83 bits per heavy atom. The summed E-state index contributed by atoms with van der Waals surface area (Å²) in [6.07, 6.45) is 4.26. The minimum Gasteiger partial charge on any atom is -0.351 e. The summed E-state index contributed by atoms with van der Waals surface area (Å²) in [5.74, 6) is -2.48. The van der Waals surface area contributed by atoms with Crippen molar-refractivity contribution in [2.75, 3.05) is 19.4 Å². The summed E-state index contributed by atoms with van der Waals surface area (Å²) in [6, 6.07) is 9.12. The molecule has 0 aliphatic heterocycles. The van der Waals surface area contributed by atoms with Crippen molar-refractivity contribution in [1.29, 1.82) is 0 Å². The van der Waals surface area contributed by atoms with Crippen LogP contribution in [0, 0.1) is 5.92 Å². The van der Waals surface area contributed by atoms with Gasteiger partial charge < -0.3 is 25.8 Å². The fourth-order valence-electron chi connectivity index (χ4n) is 4.42. The number of aromatic amines is 1. The molecule has 10 nitrogen and oxygen atoms in total. The maximum absolute atomic E-state index is 13.0. The lowest BCUT2D eigenvalue weighted by Crippen LogP contribution is -2.57. The first-order valence-corrected chi connectivity index (χ1v) is 11.9. The molecule has 0 radical (unpaired) electrons. The first-order valence-electron chi connectivity index (χ1n) is 11.5. The van der Waals surface area contributed by atoms with Gasteiger partial charge in [0.05, 0.1) is 17.9 Å². The lowest BCUT2D eigenvalue weighted by Gasteiger charge is -2.37. The highest BCUT2D eigenvalue weighted by molar-refractivity contribution is 6.39. The van der Waals surface area contributed by atoms with Crippen LogP contribution in [0.1, 0.15) is 29.8 Å². The summed E-state index contributed by atoms with van der Waals surface area (Å²) in [7, 11) is 3.35. The molecular weight excluding hydrogens is 484 g/mol. The molecule has 4 N–H and O–H groups in total. The van der Waals surface area contributed by atoms with Gasteiger partial charge in [-0.25, -0.2) is 0 Å². The van der Waals surface area contributed by atoms with E-state index in [0.29, 0.717) is 29.2 Å². The molecule has 2 aromatic heterocycles. The second-order valence-corrected chi connectivity index (χ2v) is 9.45. The Bertz CT molecular complexity index is 1290. The van der Waals surface area contributed by atoms with Crippen LogP contribution in [-0.4, -0.2) is 64.7 Å². The number of benzene rings is 1. The maximum atomic E-state index is 13.0. The van der Waals surface area contributed by atoms with Gasteiger partial charge in [-0.1, -0.05) is 11.6 Å². The van der Waals surface area contributed by atoms with Gasteiger partial charge in [0.25, 0.3) is 5.91 Å². The average molecular weight is 511 g/mol. The summed E-state index contributed by atoms with van der Waals surface area (Å²) in [5.41, 5.74) is 1.49. The third-order valence-electron chi connectivity index (χ3n) is 6.23. The highest BCUT2D eigenvalue weighted by atomic mass is 35.5. The van der Waals surface area contributed by atoms with E-state index in [1.807, 2.05) is 0 Å². The summed E-state index contributed by atoms with van der Waals surface area (Å²) < 4.78 is 0. The van der Waals surface area contributed by atoms with Crippen LogP contribution in [0.25, 0.3) is 10.9 Å². The topological polar surface area (TPSA) is 136 Å². The van der Waals surface area contributed by atoms with Crippen LogP contribution < -0.4 is 16.0 Å². The van der Waals surface area contributed by atoms with Crippen molar-refractivity contribution in [2.45, 2.75) is 31.3 Å². The van der Waals surface area contributed by atoms with Gasteiger partial charge in [-0.05, 0) is 55.7 Å². The first kappa shape index (κ1) is 25.2. The van der Waals surface area contributed by atoms with Crippen molar-refractivity contribution < 1.29 is 19.2 Å². The molecule has 1 aromatic carbocycles. The molecule has 4 rings (SSSR count). The van der Waals surface area contributed by atoms with Crippen LogP contribution in [0.5, 0.6) is 0 Å². The molecule has 1 aliphatic rings. The Morgan fingerprint density at radius 3 is 2.56 bits per heavy atom. The Labute approximate surface area is 212 Å². The number of carbonyl (C=O) groups is 4. The number of halogens is 1. The fraction of sp³-hybridized carbons (Fsp3) is 0.320. The van der Waals surface area contributed by atoms with Crippen molar-refractivity contribution in [3.63, 3.8) is 0 Å². The number of aromatic nitrogens is 2. The molecule has 188 valence electrons. The lowest BCUT2D eigenvalue weighted by molar-refractivity contribution is -0.138. The molecule has 0 saturated heterocycles. The highest BCUT2D eigenvalue weighted by Crippen LogP contribution is 2.27. The minimum atomic E-state index is -0.860. The van der Waals surface area contributed by atoms with E-state index < -0.39 is 23.9 Å². The van der Waals surface area contributed by atoms with E-state index in [1.54, 1.807) is 56.7 Å². The van der Waals surface area contributed by atoms with E-state index in [4.69, 9.17) is 11.6 Å². The van der Waals surface area contributed by atoms with E-state index in [9.17, 15) is 19.2 Å². The van der Waals surface area contributed by atoms with Crippen LogP contribution in [0.2, 0.25) is 5.02 Å². The molecule has 3 aromatic rings. The van der Waals surface area contributed by atoms with E-state index in [1.165, 1.54) is 11.1 Å². The standard InChI is InChI=1S/C25H27ClN6O4/c1-32(2)25(36)14-5-7-19(30-22(33)21-12-15-10-16(26)6-8-18(15)29-21)20(11-14)31-24(35)23(34)28-17-4-3-9-27-13-17/h3-4,6,8-10,12-14,19-20,29H,5,7,11H2,1-2H3,(H,28,34)(H,30,33)(H,31,35)/t14-,19-,20+/m0/s1. The van der Waals surface area contributed by atoms with E-state index in [-0.39, 0.29) is 24.2 Å². The number of carbonyl (C=O) groups excluding carboxylic acids is 4. The van der Waals surface area contributed by atoms with Gasteiger partial charge in [-0.15, -0.1) is 0 Å². The van der Waals surface area contributed by atoms with Crippen LogP contribution in [0.3, 0.4) is 0 Å². The van der Waals surface area contributed by atoms with Gasteiger partial charge in [-0.2, -0.15) is 0 Å². The number of hydrogen-bond acceptors (Lipinski definition) is 5. The van der Waals surface area contributed by atoms with Crippen molar-refractivity contribution in [3.05, 3.63) is 59.5 Å². The van der Waals surface area contributed by atoms with Gasteiger partial charge in [-0.3, -0.25) is 24.2 Å². The normalized spacial score (nSPS) is 19.4. The molecule has 1 fully saturated rings. The summed E-state index contributed by atoms with van der Waals surface area (Å²) in [4.78, 5) is 59.3. The molecular formula is C25H27ClN6O4. The van der Waals surface area contributed by atoms with Crippen molar-refractivity contribution in [2.24, 2.45) is 5.92 Å². The Balaban J connectivity index is 1.48.